The average molecular weight is 359 g/mol. The zero-order valence-corrected chi connectivity index (χ0v) is 15.6. The number of hydrogen-bond donors (Lipinski definition) is 2. The van der Waals surface area contributed by atoms with E-state index in [0.717, 1.165) is 37.2 Å². The second-order valence-electron chi connectivity index (χ2n) is 7.19. The van der Waals surface area contributed by atoms with Crippen LogP contribution >= 0.6 is 0 Å². The van der Waals surface area contributed by atoms with Crippen molar-refractivity contribution in [1.29, 1.82) is 0 Å². The molecule has 3 nitrogen and oxygen atoms in total. The predicted molar refractivity (Wildman–Crippen MR) is 110 cm³/mol. The molecule has 2 N–H and O–H groups in total. The number of hydrogen-bond acceptors (Lipinski definition) is 3. The van der Waals surface area contributed by atoms with Gasteiger partial charge in [-0.2, -0.15) is 0 Å². The first-order valence-corrected chi connectivity index (χ1v) is 9.49. The van der Waals surface area contributed by atoms with Gasteiger partial charge in [0.15, 0.2) is 0 Å². The number of phenols is 1. The van der Waals surface area contributed by atoms with E-state index in [4.69, 9.17) is 4.74 Å². The number of phenolic OH excluding ortho intramolecular Hbond substituents is 1. The molecule has 0 saturated carbocycles. The number of fused-ring (bicyclic) bond motifs is 1. The highest BCUT2D eigenvalue weighted by atomic mass is 16.5. The standard InChI is InChI=1S/C24H25NO2/c1-27-22-11-12-23(24(15-22)25-16-17-5-3-2-4-6-17)20-8-7-19-14-21(26)10-9-18(19)13-20/h2-6,9-12,14-15,20,25-26H,7-8,13,16H2,1H3. The summed E-state index contributed by atoms with van der Waals surface area (Å²) >= 11 is 0. The minimum atomic E-state index is 0.363. The van der Waals surface area contributed by atoms with Gasteiger partial charge in [-0.05, 0) is 65.6 Å². The molecule has 0 fully saturated rings. The van der Waals surface area contributed by atoms with Crippen molar-refractivity contribution in [2.24, 2.45) is 0 Å². The van der Waals surface area contributed by atoms with E-state index in [2.05, 4.69) is 53.8 Å². The molecule has 1 aliphatic carbocycles. The SMILES string of the molecule is COc1ccc(C2CCc3cc(O)ccc3C2)c(NCc2ccccc2)c1. The summed E-state index contributed by atoms with van der Waals surface area (Å²) in [5.74, 6) is 1.70. The van der Waals surface area contributed by atoms with Gasteiger partial charge < -0.3 is 15.2 Å². The van der Waals surface area contributed by atoms with Crippen molar-refractivity contribution in [1.82, 2.24) is 0 Å². The lowest BCUT2D eigenvalue weighted by molar-refractivity contribution is 0.414. The molecule has 1 atom stereocenters. The minimum absolute atomic E-state index is 0.363. The van der Waals surface area contributed by atoms with Gasteiger partial charge in [-0.3, -0.25) is 0 Å². The monoisotopic (exact) mass is 359 g/mol. The van der Waals surface area contributed by atoms with Crippen molar-refractivity contribution < 1.29 is 9.84 Å². The summed E-state index contributed by atoms with van der Waals surface area (Å²) in [6.45, 7) is 0.790. The maximum atomic E-state index is 9.73. The Morgan fingerprint density at radius 2 is 1.85 bits per heavy atom. The molecule has 0 spiro atoms. The maximum absolute atomic E-state index is 9.73. The lowest BCUT2D eigenvalue weighted by atomic mass is 9.79. The molecular weight excluding hydrogens is 334 g/mol. The molecule has 3 aromatic rings. The first-order valence-electron chi connectivity index (χ1n) is 9.49. The van der Waals surface area contributed by atoms with E-state index in [1.54, 1.807) is 13.2 Å². The zero-order chi connectivity index (χ0) is 18.6. The van der Waals surface area contributed by atoms with Crippen LogP contribution in [-0.2, 0) is 19.4 Å². The third kappa shape index (κ3) is 3.92. The van der Waals surface area contributed by atoms with Crippen LogP contribution in [0, 0.1) is 0 Å². The molecule has 0 aromatic heterocycles. The quantitative estimate of drug-likeness (QED) is 0.651. The Labute approximate surface area is 160 Å². The van der Waals surface area contributed by atoms with Gasteiger partial charge in [0.2, 0.25) is 0 Å². The van der Waals surface area contributed by atoms with Gasteiger partial charge in [-0.1, -0.05) is 42.5 Å². The molecule has 1 unspecified atom stereocenters. The van der Waals surface area contributed by atoms with Crippen LogP contribution in [0.5, 0.6) is 11.5 Å². The number of anilines is 1. The smallest absolute Gasteiger partial charge is 0.120 e. The Kier molecular flexibility index (Phi) is 5.01. The van der Waals surface area contributed by atoms with E-state index in [1.807, 2.05) is 12.1 Å². The van der Waals surface area contributed by atoms with E-state index in [9.17, 15) is 5.11 Å². The number of methoxy groups -OCH3 is 1. The fraction of sp³-hybridized carbons (Fsp3) is 0.250. The van der Waals surface area contributed by atoms with Crippen LogP contribution in [0.4, 0.5) is 5.69 Å². The molecule has 0 radical (unpaired) electrons. The van der Waals surface area contributed by atoms with E-state index in [1.165, 1.54) is 22.3 Å². The van der Waals surface area contributed by atoms with Gasteiger partial charge in [0, 0.05) is 18.3 Å². The molecule has 0 heterocycles. The van der Waals surface area contributed by atoms with E-state index >= 15 is 0 Å². The molecule has 27 heavy (non-hydrogen) atoms. The summed E-state index contributed by atoms with van der Waals surface area (Å²) in [4.78, 5) is 0. The van der Waals surface area contributed by atoms with E-state index < -0.39 is 0 Å². The van der Waals surface area contributed by atoms with Gasteiger partial charge in [0.1, 0.15) is 11.5 Å². The van der Waals surface area contributed by atoms with Gasteiger partial charge in [0.05, 0.1) is 7.11 Å². The van der Waals surface area contributed by atoms with Gasteiger partial charge in [-0.25, -0.2) is 0 Å². The Bertz CT molecular complexity index is 921. The van der Waals surface area contributed by atoms with Crippen molar-refractivity contribution in [2.75, 3.05) is 12.4 Å². The molecule has 0 bridgehead atoms. The normalized spacial score (nSPS) is 15.8. The lowest BCUT2D eigenvalue weighted by Gasteiger charge is -2.27. The Balaban J connectivity index is 1.59. The topological polar surface area (TPSA) is 41.5 Å². The maximum Gasteiger partial charge on any atom is 0.120 e. The largest absolute Gasteiger partial charge is 0.508 e. The van der Waals surface area contributed by atoms with E-state index in [-0.39, 0.29) is 0 Å². The molecule has 0 amide bonds. The number of nitrogens with one attached hydrogen (secondary N) is 1. The highest BCUT2D eigenvalue weighted by molar-refractivity contribution is 5.58. The number of benzene rings is 3. The number of aromatic hydroxyl groups is 1. The van der Waals surface area contributed by atoms with Crippen LogP contribution in [0.1, 0.15) is 34.6 Å². The average Bonchev–Trinajstić information content (AvgIpc) is 2.72. The zero-order valence-electron chi connectivity index (χ0n) is 15.6. The first-order chi connectivity index (χ1) is 13.2. The van der Waals surface area contributed by atoms with Crippen LogP contribution < -0.4 is 10.1 Å². The van der Waals surface area contributed by atoms with Crippen LogP contribution in [0.25, 0.3) is 0 Å². The van der Waals surface area contributed by atoms with Gasteiger partial charge >= 0.3 is 0 Å². The van der Waals surface area contributed by atoms with Crippen molar-refractivity contribution >= 4 is 5.69 Å². The third-order valence-electron chi connectivity index (χ3n) is 5.44. The van der Waals surface area contributed by atoms with Crippen molar-refractivity contribution in [3.8, 4) is 11.5 Å². The second kappa shape index (κ2) is 7.75. The van der Waals surface area contributed by atoms with E-state index in [0.29, 0.717) is 11.7 Å². The highest BCUT2D eigenvalue weighted by Crippen LogP contribution is 2.38. The molecule has 138 valence electrons. The lowest BCUT2D eigenvalue weighted by Crippen LogP contribution is -2.14. The number of rotatable bonds is 5. The first kappa shape index (κ1) is 17.5. The molecule has 1 aliphatic rings. The van der Waals surface area contributed by atoms with Crippen LogP contribution in [0.15, 0.2) is 66.7 Å². The summed E-state index contributed by atoms with van der Waals surface area (Å²) in [7, 11) is 1.71. The van der Waals surface area contributed by atoms with Crippen LogP contribution in [-0.4, -0.2) is 12.2 Å². The third-order valence-corrected chi connectivity index (χ3v) is 5.44. The van der Waals surface area contributed by atoms with Crippen molar-refractivity contribution in [2.45, 2.75) is 31.7 Å². The molecule has 0 saturated heterocycles. The highest BCUT2D eigenvalue weighted by Gasteiger charge is 2.23. The van der Waals surface area contributed by atoms with Crippen LogP contribution in [0.3, 0.4) is 0 Å². The fourth-order valence-corrected chi connectivity index (χ4v) is 3.97. The Hall–Kier alpha value is -2.94. The fourth-order valence-electron chi connectivity index (χ4n) is 3.97. The number of ether oxygens (including phenoxy) is 1. The molecule has 4 rings (SSSR count). The second-order valence-corrected chi connectivity index (χ2v) is 7.19. The van der Waals surface area contributed by atoms with Crippen molar-refractivity contribution in [3.05, 3.63) is 89.0 Å². The van der Waals surface area contributed by atoms with Gasteiger partial charge in [-0.15, -0.1) is 0 Å². The molecule has 3 heteroatoms. The predicted octanol–water partition coefficient (Wildman–Crippen LogP) is 5.29. The summed E-state index contributed by atoms with van der Waals surface area (Å²) in [6, 6.07) is 22.6. The summed E-state index contributed by atoms with van der Waals surface area (Å²) in [6.07, 6.45) is 3.09. The number of aryl methyl sites for hydroxylation is 1. The van der Waals surface area contributed by atoms with Crippen LogP contribution in [0.2, 0.25) is 0 Å². The summed E-state index contributed by atoms with van der Waals surface area (Å²) in [5, 5.41) is 13.3. The van der Waals surface area contributed by atoms with Gasteiger partial charge in [0.25, 0.3) is 0 Å². The molecular formula is C24H25NO2. The summed E-state index contributed by atoms with van der Waals surface area (Å²) in [5.41, 5.74) is 6.36. The minimum Gasteiger partial charge on any atom is -0.508 e. The molecule has 0 aliphatic heterocycles. The summed E-state index contributed by atoms with van der Waals surface area (Å²) < 4.78 is 5.45. The Morgan fingerprint density at radius 1 is 1.00 bits per heavy atom. The molecule has 3 aromatic carbocycles. The van der Waals surface area contributed by atoms with Crippen molar-refractivity contribution in [3.63, 3.8) is 0 Å². The Morgan fingerprint density at radius 3 is 2.67 bits per heavy atom.